The highest BCUT2D eigenvalue weighted by Gasteiger charge is 2.00. The zero-order chi connectivity index (χ0) is 8.97. The molecule has 0 aliphatic heterocycles. The van der Waals surface area contributed by atoms with Gasteiger partial charge in [0.2, 0.25) is 0 Å². The summed E-state index contributed by atoms with van der Waals surface area (Å²) in [6.07, 6.45) is 10.2. The van der Waals surface area contributed by atoms with Gasteiger partial charge in [-0.05, 0) is 11.6 Å². The number of aromatic nitrogens is 1. The molecule has 0 saturated heterocycles. The summed E-state index contributed by atoms with van der Waals surface area (Å²) in [5.41, 5.74) is 7.32. The fourth-order valence-electron chi connectivity index (χ4n) is 0.855. The van der Waals surface area contributed by atoms with Gasteiger partial charge in [0.05, 0.1) is 0 Å². The van der Waals surface area contributed by atoms with Crippen LogP contribution in [0.3, 0.4) is 0 Å². The number of hydrogen-bond acceptors (Lipinski definition) is 2. The zero-order valence-corrected chi connectivity index (χ0v) is 6.70. The number of hydrogen-bond donors (Lipinski definition) is 1. The highest BCUT2D eigenvalue weighted by molar-refractivity contribution is 5.34. The van der Waals surface area contributed by atoms with Crippen molar-refractivity contribution in [2.24, 2.45) is 5.73 Å². The second-order valence-corrected chi connectivity index (χ2v) is 2.41. The van der Waals surface area contributed by atoms with Gasteiger partial charge in [-0.1, -0.05) is 12.0 Å². The second-order valence-electron chi connectivity index (χ2n) is 2.41. The fraction of sp³-hybridized carbons (Fsp3) is 0.100. The van der Waals surface area contributed by atoms with Crippen LogP contribution in [0.15, 0.2) is 31.1 Å². The van der Waals surface area contributed by atoms with E-state index in [4.69, 9.17) is 12.2 Å². The molecular weight excluding hydrogens is 148 g/mol. The third-order valence-corrected chi connectivity index (χ3v) is 1.56. The molecule has 0 aromatic carbocycles. The van der Waals surface area contributed by atoms with E-state index in [2.05, 4.69) is 17.5 Å². The molecule has 0 fully saturated rings. The van der Waals surface area contributed by atoms with Crippen LogP contribution in [0.1, 0.15) is 17.2 Å². The molecule has 12 heavy (non-hydrogen) atoms. The van der Waals surface area contributed by atoms with E-state index in [1.807, 2.05) is 6.07 Å². The maximum absolute atomic E-state index is 5.69. The molecule has 0 amide bonds. The third-order valence-electron chi connectivity index (χ3n) is 1.56. The van der Waals surface area contributed by atoms with Crippen molar-refractivity contribution in [3.8, 4) is 12.3 Å². The van der Waals surface area contributed by atoms with Crippen LogP contribution in [0.4, 0.5) is 0 Å². The van der Waals surface area contributed by atoms with Crippen molar-refractivity contribution in [3.05, 3.63) is 42.2 Å². The Morgan fingerprint density at radius 3 is 3.00 bits per heavy atom. The average Bonchev–Trinajstić information content (AvgIpc) is 2.17. The van der Waals surface area contributed by atoms with Crippen molar-refractivity contribution < 1.29 is 0 Å². The normalized spacial score (nSPS) is 11.7. The van der Waals surface area contributed by atoms with Crippen molar-refractivity contribution in [2.75, 3.05) is 0 Å². The highest BCUT2D eigenvalue weighted by Crippen LogP contribution is 2.10. The summed E-state index contributed by atoms with van der Waals surface area (Å²) in [7, 11) is 0. The maximum atomic E-state index is 5.69. The van der Waals surface area contributed by atoms with E-state index >= 15 is 0 Å². The molecular formula is C10H10N2. The quantitative estimate of drug-likeness (QED) is 0.519. The van der Waals surface area contributed by atoms with Gasteiger partial charge in [-0.15, -0.1) is 13.0 Å². The Hall–Kier alpha value is -1.59. The number of pyridine rings is 1. The van der Waals surface area contributed by atoms with E-state index < -0.39 is 0 Å². The lowest BCUT2D eigenvalue weighted by Gasteiger charge is -2.04. The smallest absolute Gasteiger partial charge is 0.0494 e. The molecule has 1 aromatic rings. The molecule has 0 unspecified atom stereocenters. The summed E-state index contributed by atoms with van der Waals surface area (Å²) >= 11 is 0. The predicted molar refractivity (Wildman–Crippen MR) is 49.3 cm³/mol. The van der Waals surface area contributed by atoms with Gasteiger partial charge in [0.1, 0.15) is 0 Å². The van der Waals surface area contributed by atoms with E-state index in [1.54, 1.807) is 18.5 Å². The largest absolute Gasteiger partial charge is 0.321 e. The molecule has 1 aromatic heterocycles. The fourth-order valence-corrected chi connectivity index (χ4v) is 0.855. The lowest BCUT2D eigenvalue weighted by atomic mass is 10.1. The Kier molecular flexibility index (Phi) is 2.62. The molecule has 60 valence electrons. The molecule has 0 spiro atoms. The summed E-state index contributed by atoms with van der Waals surface area (Å²) in [6.45, 7) is 3.59. The van der Waals surface area contributed by atoms with Crippen LogP contribution in [-0.4, -0.2) is 4.98 Å². The summed E-state index contributed by atoms with van der Waals surface area (Å²) in [4.78, 5) is 3.95. The lowest BCUT2D eigenvalue weighted by molar-refractivity contribution is 0.903. The maximum Gasteiger partial charge on any atom is 0.0494 e. The molecule has 0 aliphatic rings. The van der Waals surface area contributed by atoms with Gasteiger partial charge in [0.15, 0.2) is 0 Å². The molecule has 0 saturated carbocycles. The lowest BCUT2D eigenvalue weighted by Crippen LogP contribution is -2.06. The number of terminal acetylenes is 1. The molecule has 1 atom stereocenters. The first-order chi connectivity index (χ1) is 5.77. The summed E-state index contributed by atoms with van der Waals surface area (Å²) < 4.78 is 0. The van der Waals surface area contributed by atoms with Gasteiger partial charge in [-0.25, -0.2) is 0 Å². The van der Waals surface area contributed by atoms with Gasteiger partial charge in [-0.2, -0.15) is 0 Å². The topological polar surface area (TPSA) is 38.9 Å². The van der Waals surface area contributed by atoms with Crippen molar-refractivity contribution in [2.45, 2.75) is 6.04 Å². The van der Waals surface area contributed by atoms with E-state index in [0.29, 0.717) is 0 Å². The first kappa shape index (κ1) is 8.51. The van der Waals surface area contributed by atoms with Crippen LogP contribution < -0.4 is 5.73 Å². The number of nitrogens with two attached hydrogens (primary N) is 1. The Morgan fingerprint density at radius 2 is 2.42 bits per heavy atom. The third kappa shape index (κ3) is 1.71. The van der Waals surface area contributed by atoms with Gasteiger partial charge in [0.25, 0.3) is 0 Å². The van der Waals surface area contributed by atoms with Crippen molar-refractivity contribution in [1.29, 1.82) is 0 Å². The Morgan fingerprint density at radius 1 is 1.67 bits per heavy atom. The Bertz CT molecular complexity index is 323. The molecule has 2 N–H and O–H groups in total. The van der Waals surface area contributed by atoms with Crippen LogP contribution in [-0.2, 0) is 0 Å². The minimum absolute atomic E-state index is 0.189. The minimum Gasteiger partial charge on any atom is -0.321 e. The van der Waals surface area contributed by atoms with Gasteiger partial charge in [-0.3, -0.25) is 4.98 Å². The van der Waals surface area contributed by atoms with Gasteiger partial charge < -0.3 is 5.73 Å². The highest BCUT2D eigenvalue weighted by atomic mass is 14.7. The van der Waals surface area contributed by atoms with E-state index in [0.717, 1.165) is 11.1 Å². The SMILES string of the molecule is C#Cc1cncc([C@@H](N)C=C)c1. The molecule has 2 heteroatoms. The van der Waals surface area contributed by atoms with Crippen LogP contribution in [0.2, 0.25) is 0 Å². The van der Waals surface area contributed by atoms with Crippen LogP contribution >= 0.6 is 0 Å². The summed E-state index contributed by atoms with van der Waals surface area (Å²) in [5.74, 6) is 2.49. The molecule has 0 radical (unpaired) electrons. The second kappa shape index (κ2) is 3.70. The Labute approximate surface area is 72.1 Å². The molecule has 2 nitrogen and oxygen atoms in total. The predicted octanol–water partition coefficient (Wildman–Crippen LogP) is 1.25. The molecule has 1 heterocycles. The molecule has 0 bridgehead atoms. The number of nitrogens with zero attached hydrogens (tertiary/aromatic N) is 1. The van der Waals surface area contributed by atoms with E-state index in [-0.39, 0.29) is 6.04 Å². The Balaban J connectivity index is 3.03. The van der Waals surface area contributed by atoms with Crippen molar-refractivity contribution in [1.82, 2.24) is 4.98 Å². The molecule has 0 aliphatic carbocycles. The monoisotopic (exact) mass is 158 g/mol. The van der Waals surface area contributed by atoms with Gasteiger partial charge >= 0.3 is 0 Å². The summed E-state index contributed by atoms with van der Waals surface area (Å²) in [6, 6.07) is 1.64. The summed E-state index contributed by atoms with van der Waals surface area (Å²) in [5, 5.41) is 0. The first-order valence-corrected chi connectivity index (χ1v) is 3.57. The average molecular weight is 158 g/mol. The van der Waals surface area contributed by atoms with Crippen LogP contribution in [0.5, 0.6) is 0 Å². The van der Waals surface area contributed by atoms with Gasteiger partial charge in [0, 0.05) is 24.0 Å². The molecule has 1 rings (SSSR count). The van der Waals surface area contributed by atoms with E-state index in [9.17, 15) is 0 Å². The standard InChI is InChI=1S/C10H10N2/c1-3-8-5-9(7-12-6-8)10(11)4-2/h1,4-7,10H,2,11H2/t10-/m0/s1. The number of rotatable bonds is 2. The van der Waals surface area contributed by atoms with Crippen molar-refractivity contribution >= 4 is 0 Å². The van der Waals surface area contributed by atoms with Crippen LogP contribution in [0.25, 0.3) is 0 Å². The minimum atomic E-state index is -0.189. The van der Waals surface area contributed by atoms with Crippen molar-refractivity contribution in [3.63, 3.8) is 0 Å². The van der Waals surface area contributed by atoms with Crippen LogP contribution in [0, 0.1) is 12.3 Å². The van der Waals surface area contributed by atoms with E-state index in [1.165, 1.54) is 0 Å². The first-order valence-electron chi connectivity index (χ1n) is 3.57. The zero-order valence-electron chi connectivity index (χ0n) is 6.70.